The molecule has 0 aromatic heterocycles. The van der Waals surface area contributed by atoms with E-state index in [2.05, 4.69) is 12.2 Å². The molecule has 0 unspecified atom stereocenters. The summed E-state index contributed by atoms with van der Waals surface area (Å²) in [6, 6.07) is 3.99. The molecule has 3 nitrogen and oxygen atoms in total. The molecular formula is C14H18ClNO2. The zero-order valence-corrected chi connectivity index (χ0v) is 11.3. The topological polar surface area (TPSA) is 30.5 Å². The van der Waals surface area contributed by atoms with Gasteiger partial charge in [-0.2, -0.15) is 0 Å². The molecule has 1 aliphatic heterocycles. The van der Waals surface area contributed by atoms with E-state index in [0.717, 1.165) is 17.9 Å². The van der Waals surface area contributed by atoms with Crippen molar-refractivity contribution in [3.63, 3.8) is 0 Å². The Labute approximate surface area is 112 Å². The molecule has 1 fully saturated rings. The van der Waals surface area contributed by atoms with Crippen LogP contribution in [0.2, 0.25) is 5.02 Å². The fourth-order valence-corrected chi connectivity index (χ4v) is 2.75. The van der Waals surface area contributed by atoms with Gasteiger partial charge in [-0.25, -0.2) is 0 Å². The number of halogens is 1. The number of fused-ring (bicyclic) bond motifs is 1. The number of hydrogen-bond acceptors (Lipinski definition) is 3. The van der Waals surface area contributed by atoms with E-state index in [1.807, 2.05) is 12.1 Å². The van der Waals surface area contributed by atoms with E-state index in [1.54, 1.807) is 0 Å². The van der Waals surface area contributed by atoms with E-state index < -0.39 is 0 Å². The van der Waals surface area contributed by atoms with Crippen molar-refractivity contribution >= 4 is 11.6 Å². The Morgan fingerprint density at radius 1 is 1.28 bits per heavy atom. The van der Waals surface area contributed by atoms with Crippen LogP contribution in [0.5, 0.6) is 11.5 Å². The minimum Gasteiger partial charge on any atom is -0.486 e. The van der Waals surface area contributed by atoms with Gasteiger partial charge in [0.1, 0.15) is 13.2 Å². The first-order valence-electron chi connectivity index (χ1n) is 6.49. The van der Waals surface area contributed by atoms with Gasteiger partial charge in [-0.1, -0.05) is 11.6 Å². The Morgan fingerprint density at radius 2 is 2.06 bits per heavy atom. The van der Waals surface area contributed by atoms with Crippen molar-refractivity contribution in [1.82, 2.24) is 5.32 Å². The monoisotopic (exact) mass is 267 g/mol. The van der Waals surface area contributed by atoms with Gasteiger partial charge in [0.2, 0.25) is 0 Å². The van der Waals surface area contributed by atoms with Crippen LogP contribution in [0.25, 0.3) is 0 Å². The summed E-state index contributed by atoms with van der Waals surface area (Å²) in [5, 5.41) is 4.23. The van der Waals surface area contributed by atoms with Gasteiger partial charge in [0.25, 0.3) is 0 Å². The normalized spacial score (nSPS) is 20.3. The molecule has 1 aliphatic carbocycles. The molecule has 0 saturated heterocycles. The Balaban J connectivity index is 1.74. The van der Waals surface area contributed by atoms with Crippen molar-refractivity contribution in [2.24, 2.45) is 0 Å². The molecule has 4 heteroatoms. The maximum atomic E-state index is 6.21. The molecule has 1 heterocycles. The second kappa shape index (κ2) is 4.63. The van der Waals surface area contributed by atoms with Crippen LogP contribution in [0.15, 0.2) is 12.1 Å². The molecule has 0 atom stereocenters. The second-order valence-electron chi connectivity index (χ2n) is 5.37. The second-order valence-corrected chi connectivity index (χ2v) is 5.78. The summed E-state index contributed by atoms with van der Waals surface area (Å²) in [5.41, 5.74) is 1.46. The predicted octanol–water partition coefficient (Wildman–Crippen LogP) is 3.14. The van der Waals surface area contributed by atoms with Crippen LogP contribution < -0.4 is 14.8 Å². The lowest BCUT2D eigenvalue weighted by Crippen LogP contribution is -2.47. The third-order valence-corrected chi connectivity index (χ3v) is 4.11. The average molecular weight is 268 g/mol. The van der Waals surface area contributed by atoms with Crippen LogP contribution in [0.3, 0.4) is 0 Å². The molecule has 98 valence electrons. The summed E-state index contributed by atoms with van der Waals surface area (Å²) in [6.07, 6.45) is 3.84. The van der Waals surface area contributed by atoms with Gasteiger partial charge in [0.15, 0.2) is 11.5 Å². The molecule has 1 aromatic rings. The van der Waals surface area contributed by atoms with E-state index >= 15 is 0 Å². The molecule has 0 spiro atoms. The number of benzene rings is 1. The fourth-order valence-electron chi connectivity index (χ4n) is 2.47. The predicted molar refractivity (Wildman–Crippen MR) is 71.5 cm³/mol. The minimum absolute atomic E-state index is 0.305. The third-order valence-electron chi connectivity index (χ3n) is 3.83. The molecule has 1 aromatic carbocycles. The molecule has 18 heavy (non-hydrogen) atoms. The van der Waals surface area contributed by atoms with Gasteiger partial charge < -0.3 is 14.8 Å². The molecule has 1 N–H and O–H groups in total. The van der Waals surface area contributed by atoms with E-state index in [1.165, 1.54) is 19.3 Å². The van der Waals surface area contributed by atoms with E-state index in [-0.39, 0.29) is 0 Å². The van der Waals surface area contributed by atoms with Crippen molar-refractivity contribution < 1.29 is 9.47 Å². The van der Waals surface area contributed by atoms with Crippen LogP contribution in [0.1, 0.15) is 31.7 Å². The van der Waals surface area contributed by atoms with E-state index in [4.69, 9.17) is 21.1 Å². The highest BCUT2D eigenvalue weighted by Crippen LogP contribution is 2.38. The summed E-state index contributed by atoms with van der Waals surface area (Å²) >= 11 is 6.21. The van der Waals surface area contributed by atoms with Crippen LogP contribution in [-0.4, -0.2) is 18.8 Å². The van der Waals surface area contributed by atoms with Gasteiger partial charge >= 0.3 is 0 Å². The van der Waals surface area contributed by atoms with Crippen molar-refractivity contribution in [2.45, 2.75) is 38.3 Å². The highest BCUT2D eigenvalue weighted by atomic mass is 35.5. The minimum atomic E-state index is 0.305. The first kappa shape index (κ1) is 12.1. The zero-order valence-electron chi connectivity index (χ0n) is 10.6. The number of hydrogen-bond donors (Lipinski definition) is 1. The van der Waals surface area contributed by atoms with Gasteiger partial charge in [0, 0.05) is 12.1 Å². The van der Waals surface area contributed by atoms with Crippen molar-refractivity contribution in [1.29, 1.82) is 0 Å². The van der Waals surface area contributed by atoms with Crippen LogP contribution in [0, 0.1) is 0 Å². The van der Waals surface area contributed by atoms with E-state index in [9.17, 15) is 0 Å². The third kappa shape index (κ3) is 2.29. The van der Waals surface area contributed by atoms with Gasteiger partial charge in [-0.05, 0) is 43.9 Å². The Bertz CT molecular complexity index is 457. The highest BCUT2D eigenvalue weighted by Gasteiger charge is 2.30. The molecule has 1 saturated carbocycles. The van der Waals surface area contributed by atoms with Crippen molar-refractivity contribution in [2.75, 3.05) is 13.2 Å². The largest absolute Gasteiger partial charge is 0.486 e. The van der Waals surface area contributed by atoms with Crippen LogP contribution in [-0.2, 0) is 6.54 Å². The summed E-state index contributed by atoms with van der Waals surface area (Å²) in [7, 11) is 0. The van der Waals surface area contributed by atoms with Gasteiger partial charge in [0.05, 0.1) is 5.02 Å². The summed E-state index contributed by atoms with van der Waals surface area (Å²) in [6.45, 7) is 4.27. The lowest BCUT2D eigenvalue weighted by atomic mass is 9.78. The molecule has 0 bridgehead atoms. The first-order chi connectivity index (χ1) is 8.66. The zero-order chi connectivity index (χ0) is 12.6. The summed E-state index contributed by atoms with van der Waals surface area (Å²) in [5.74, 6) is 1.45. The SMILES string of the molecule is CC1(NCc2cc(Cl)c3c(c2)OCCO3)CCC1. The molecule has 3 rings (SSSR count). The highest BCUT2D eigenvalue weighted by molar-refractivity contribution is 6.32. The fraction of sp³-hybridized carbons (Fsp3) is 0.571. The molecule has 0 amide bonds. The first-order valence-corrected chi connectivity index (χ1v) is 6.87. The lowest BCUT2D eigenvalue weighted by Gasteiger charge is -2.39. The molecular weight excluding hydrogens is 250 g/mol. The Morgan fingerprint density at radius 3 is 2.78 bits per heavy atom. The quantitative estimate of drug-likeness (QED) is 0.913. The smallest absolute Gasteiger partial charge is 0.179 e. The Hall–Kier alpha value is -0.930. The van der Waals surface area contributed by atoms with Gasteiger partial charge in [-0.3, -0.25) is 0 Å². The molecule has 2 aliphatic rings. The van der Waals surface area contributed by atoms with Crippen molar-refractivity contribution in [3.8, 4) is 11.5 Å². The Kier molecular flexibility index (Phi) is 3.12. The number of rotatable bonds is 3. The van der Waals surface area contributed by atoms with E-state index in [0.29, 0.717) is 29.5 Å². The maximum Gasteiger partial charge on any atom is 0.179 e. The average Bonchev–Trinajstić information content (AvgIpc) is 2.34. The molecule has 0 radical (unpaired) electrons. The number of nitrogens with one attached hydrogen (secondary N) is 1. The van der Waals surface area contributed by atoms with Gasteiger partial charge in [-0.15, -0.1) is 0 Å². The standard InChI is InChI=1S/C14H18ClNO2/c1-14(3-2-4-14)16-9-10-7-11(15)13-12(8-10)17-5-6-18-13/h7-8,16H,2-6,9H2,1H3. The summed E-state index contributed by atoms with van der Waals surface area (Å²) < 4.78 is 11.1. The maximum absolute atomic E-state index is 6.21. The van der Waals surface area contributed by atoms with Crippen molar-refractivity contribution in [3.05, 3.63) is 22.7 Å². The number of ether oxygens (including phenoxy) is 2. The van der Waals surface area contributed by atoms with Crippen LogP contribution in [0.4, 0.5) is 0 Å². The lowest BCUT2D eigenvalue weighted by molar-refractivity contribution is 0.171. The summed E-state index contributed by atoms with van der Waals surface area (Å²) in [4.78, 5) is 0. The van der Waals surface area contributed by atoms with Crippen LogP contribution >= 0.6 is 11.6 Å².